The van der Waals surface area contributed by atoms with Crippen LogP contribution in [-0.2, 0) is 19.2 Å². The zero-order valence-corrected chi connectivity index (χ0v) is 45.6. The van der Waals surface area contributed by atoms with Crippen LogP contribution in [0.2, 0.25) is 0 Å². The average Bonchev–Trinajstić information content (AvgIpc) is 4.37. The highest BCUT2D eigenvalue weighted by Crippen LogP contribution is 2.32. The van der Waals surface area contributed by atoms with Gasteiger partial charge in [0.25, 0.3) is 0 Å². The number of para-hydroxylation sites is 4. The summed E-state index contributed by atoms with van der Waals surface area (Å²) in [5.74, 6) is 0.555. The summed E-state index contributed by atoms with van der Waals surface area (Å²) < 4.78 is 7.76. The Morgan fingerprint density at radius 3 is 0.825 bits per heavy atom. The number of carbonyl (C=O) groups excluding carboxylic acids is 4. The quantitative estimate of drug-likeness (QED) is 0.0476. The third kappa shape index (κ3) is 11.2. The molecule has 22 nitrogen and oxygen atoms in total. The molecule has 0 bridgehead atoms. The van der Waals surface area contributed by atoms with Crippen molar-refractivity contribution in [1.82, 2.24) is 89.4 Å². The van der Waals surface area contributed by atoms with Crippen LogP contribution < -0.4 is 0 Å². The molecule has 8 heterocycles. The first kappa shape index (κ1) is 53.0. The predicted octanol–water partition coefficient (Wildman–Crippen LogP) is 6.97. The largest absolute Gasteiger partial charge is 0.320 e. The number of carbonyl (C=O) groups is 4. The van der Waals surface area contributed by atoms with Crippen LogP contribution in [0.5, 0.6) is 0 Å². The van der Waals surface area contributed by atoms with Crippen LogP contribution >= 0.6 is 0 Å². The molecule has 8 aromatic rings. The average molecular weight is 1090 g/mol. The minimum Gasteiger partial charge on any atom is -0.320 e. The Morgan fingerprint density at radius 2 is 0.588 bits per heavy atom. The van der Waals surface area contributed by atoms with Crippen LogP contribution in [0.15, 0.2) is 97.1 Å². The lowest BCUT2D eigenvalue weighted by atomic mass is 10.1. The standard InChI is InChI=1S/C58H72N18O4/c77-55-25-13-35-69(55)51(73-47-21-7-3-17-43(47)59-63-73)29-39-67(40-30-52(70-36-14-26-56(70)78)74-48-22-8-4-18-44(48)60-64-74)33-11-1-2-12-34-68(41-31-53(71-37-15-27-57(71)79)75-49-23-9-5-19-45(49)61-65-75)42-32-54(72-38-16-28-58(72)80)76-50-24-10-6-20-46(50)62-66-76/h3-10,17-24,51-54H,1-2,11-16,25-42H2. The molecule has 0 radical (unpaired) electrons. The van der Waals surface area contributed by atoms with E-state index in [1.165, 1.54) is 0 Å². The molecule has 0 N–H and O–H groups in total. The summed E-state index contributed by atoms with van der Waals surface area (Å²) in [6, 6.07) is 31.8. The molecule has 4 unspecified atom stereocenters. The highest BCUT2D eigenvalue weighted by atomic mass is 16.2. The van der Waals surface area contributed by atoms with E-state index in [1.54, 1.807) is 0 Å². The Balaban J connectivity index is 0.764. The first-order valence-electron chi connectivity index (χ1n) is 29.2. The van der Waals surface area contributed by atoms with Crippen molar-refractivity contribution in [2.75, 3.05) is 65.4 Å². The Morgan fingerprint density at radius 1 is 0.338 bits per heavy atom. The summed E-state index contributed by atoms with van der Waals surface area (Å²) >= 11 is 0. The normalized spacial score (nSPS) is 17.9. The number of hydrogen-bond donors (Lipinski definition) is 0. The molecule has 4 aliphatic rings. The molecule has 0 saturated carbocycles. The summed E-state index contributed by atoms with van der Waals surface area (Å²) in [6.45, 7) is 7.19. The first-order chi connectivity index (χ1) is 39.4. The number of amides is 4. The van der Waals surface area contributed by atoms with Gasteiger partial charge in [-0.1, -0.05) is 82.2 Å². The van der Waals surface area contributed by atoms with Crippen molar-refractivity contribution in [3.8, 4) is 0 Å². The number of benzene rings is 4. The van der Waals surface area contributed by atoms with Gasteiger partial charge in [-0.2, -0.15) is 0 Å². The molecule has 12 rings (SSSR count). The molecular weight excluding hydrogens is 1010 g/mol. The van der Waals surface area contributed by atoms with E-state index >= 15 is 0 Å². The van der Waals surface area contributed by atoms with Crippen molar-refractivity contribution in [2.24, 2.45) is 0 Å². The van der Waals surface area contributed by atoms with Gasteiger partial charge in [-0.25, -0.2) is 18.7 Å². The summed E-state index contributed by atoms with van der Waals surface area (Å²) in [4.78, 5) is 66.9. The number of fused-ring (bicyclic) bond motifs is 4. The van der Waals surface area contributed by atoms with Gasteiger partial charge in [0.15, 0.2) is 0 Å². The SMILES string of the molecule is O=C1CCCN1C(CCN(CCCCCCN(CCC(N1CCCC1=O)n1nnc2ccccc21)CCC(N1CCCC1=O)n1nnc2ccccc21)CCC(N1CCCC1=O)n1nnc2ccccc21)n1nnc2ccccc21. The van der Waals surface area contributed by atoms with Crippen LogP contribution in [0.4, 0.5) is 0 Å². The molecular formula is C58H72N18O4. The number of rotatable bonds is 27. The molecule has 80 heavy (non-hydrogen) atoms. The van der Waals surface area contributed by atoms with Crippen LogP contribution in [-0.4, -0.2) is 178 Å². The van der Waals surface area contributed by atoms with E-state index in [-0.39, 0.29) is 48.3 Å². The van der Waals surface area contributed by atoms with E-state index < -0.39 is 0 Å². The Kier molecular flexibility index (Phi) is 16.1. The molecule has 4 amide bonds. The molecule has 0 aliphatic carbocycles. The van der Waals surface area contributed by atoms with E-state index in [2.05, 4.69) is 51.0 Å². The fourth-order valence-corrected chi connectivity index (χ4v) is 12.9. The second-order valence-corrected chi connectivity index (χ2v) is 22.0. The lowest BCUT2D eigenvalue weighted by molar-refractivity contribution is -0.133. The van der Waals surface area contributed by atoms with Gasteiger partial charge in [0.2, 0.25) is 23.6 Å². The summed E-state index contributed by atoms with van der Waals surface area (Å²) in [6.07, 6.45) is 10.8. The number of aromatic nitrogens is 12. The molecule has 0 spiro atoms. The minimum atomic E-state index is -0.293. The maximum Gasteiger partial charge on any atom is 0.224 e. The molecule has 4 aliphatic heterocycles. The van der Waals surface area contributed by atoms with Crippen LogP contribution in [0.3, 0.4) is 0 Å². The molecule has 4 aromatic carbocycles. The van der Waals surface area contributed by atoms with Crippen molar-refractivity contribution < 1.29 is 19.2 Å². The predicted molar refractivity (Wildman–Crippen MR) is 300 cm³/mol. The fourth-order valence-electron chi connectivity index (χ4n) is 12.9. The molecule has 4 fully saturated rings. The van der Waals surface area contributed by atoms with Crippen molar-refractivity contribution >= 4 is 67.8 Å². The highest BCUT2D eigenvalue weighted by molar-refractivity contribution is 5.81. The minimum absolute atomic E-state index is 0.139. The summed E-state index contributed by atoms with van der Waals surface area (Å²) in [5.41, 5.74) is 6.82. The Hall–Kier alpha value is -7.72. The van der Waals surface area contributed by atoms with Gasteiger partial charge in [0.1, 0.15) is 46.7 Å². The second-order valence-electron chi connectivity index (χ2n) is 22.0. The monoisotopic (exact) mass is 1080 g/mol. The molecule has 4 saturated heterocycles. The zero-order chi connectivity index (χ0) is 54.4. The maximum atomic E-state index is 13.5. The second kappa shape index (κ2) is 24.3. The van der Waals surface area contributed by atoms with Gasteiger partial charge in [-0.15, -0.1) is 20.4 Å². The first-order valence-corrected chi connectivity index (χ1v) is 29.2. The number of unbranched alkanes of at least 4 members (excludes halogenated alkanes) is 3. The highest BCUT2D eigenvalue weighted by Gasteiger charge is 2.36. The van der Waals surface area contributed by atoms with Crippen LogP contribution in [0.25, 0.3) is 44.1 Å². The number of nitrogens with zero attached hydrogens (tertiary/aromatic N) is 18. The Bertz CT molecular complexity index is 3000. The fraction of sp³-hybridized carbons (Fsp3) is 0.517. The van der Waals surface area contributed by atoms with E-state index in [4.69, 9.17) is 0 Å². The van der Waals surface area contributed by atoms with Gasteiger partial charge in [-0.3, -0.25) is 19.2 Å². The summed E-state index contributed by atoms with van der Waals surface area (Å²) in [5, 5.41) is 36.6. The van der Waals surface area contributed by atoms with Crippen molar-refractivity contribution in [3.05, 3.63) is 97.1 Å². The summed E-state index contributed by atoms with van der Waals surface area (Å²) in [7, 11) is 0. The molecule has 22 heteroatoms. The van der Waals surface area contributed by atoms with Gasteiger partial charge in [0.05, 0.1) is 22.1 Å². The van der Waals surface area contributed by atoms with Gasteiger partial charge >= 0.3 is 0 Å². The van der Waals surface area contributed by atoms with Gasteiger partial charge < -0.3 is 29.4 Å². The van der Waals surface area contributed by atoms with E-state index in [0.717, 1.165) is 109 Å². The Labute approximate surface area is 464 Å². The van der Waals surface area contributed by atoms with Crippen molar-refractivity contribution in [2.45, 2.75) is 127 Å². The van der Waals surface area contributed by atoms with Crippen LogP contribution in [0, 0.1) is 0 Å². The lowest BCUT2D eigenvalue weighted by Crippen LogP contribution is -2.40. The zero-order valence-electron chi connectivity index (χ0n) is 45.6. The lowest BCUT2D eigenvalue weighted by Gasteiger charge is -2.33. The smallest absolute Gasteiger partial charge is 0.224 e. The van der Waals surface area contributed by atoms with E-state index in [9.17, 15) is 19.2 Å². The molecule has 418 valence electrons. The van der Waals surface area contributed by atoms with Gasteiger partial charge in [0, 0.05) is 104 Å². The maximum absolute atomic E-state index is 13.5. The van der Waals surface area contributed by atoms with Gasteiger partial charge in [-0.05, 0) is 100 Å². The number of likely N-dealkylation sites (tertiary alicyclic amines) is 4. The number of hydrogen-bond acceptors (Lipinski definition) is 14. The third-order valence-electron chi connectivity index (χ3n) is 17.0. The third-order valence-corrected chi connectivity index (χ3v) is 17.0. The van der Waals surface area contributed by atoms with E-state index in [0.29, 0.717) is 104 Å². The van der Waals surface area contributed by atoms with Crippen molar-refractivity contribution in [1.29, 1.82) is 0 Å². The topological polar surface area (TPSA) is 211 Å². The van der Waals surface area contributed by atoms with Crippen molar-refractivity contribution in [3.63, 3.8) is 0 Å². The molecule has 4 atom stereocenters. The van der Waals surface area contributed by atoms with Crippen LogP contribution in [0.1, 0.15) is 127 Å². The van der Waals surface area contributed by atoms with E-state index in [1.807, 2.05) is 135 Å². The molecule has 4 aromatic heterocycles.